The molecule has 0 unspecified atom stereocenters. The molecule has 0 aliphatic carbocycles. The Kier molecular flexibility index (Phi) is 6.06. The number of hydrogen-bond acceptors (Lipinski definition) is 4. The Morgan fingerprint density at radius 1 is 0.939 bits per heavy atom. The van der Waals surface area contributed by atoms with Gasteiger partial charge in [-0.25, -0.2) is 13.2 Å². The Bertz CT molecular complexity index is 1300. The van der Waals surface area contributed by atoms with Gasteiger partial charge >= 0.3 is 6.03 Å². The number of carbonyl (C=O) groups is 2. The minimum absolute atomic E-state index is 0.145. The number of anilines is 3. The van der Waals surface area contributed by atoms with Crippen LogP contribution in [0.5, 0.6) is 0 Å². The number of hydrogen-bond donors (Lipinski definition) is 3. The van der Waals surface area contributed by atoms with Gasteiger partial charge in [0.2, 0.25) is 0 Å². The monoisotopic (exact) mass is 464 g/mol. The van der Waals surface area contributed by atoms with E-state index in [9.17, 15) is 18.0 Å². The summed E-state index contributed by atoms with van der Waals surface area (Å²) in [7, 11) is -3.70. The lowest BCUT2D eigenvalue weighted by atomic mass is 10.1. The number of rotatable bonds is 6. The number of benzene rings is 3. The quantitative estimate of drug-likeness (QED) is 0.514. The number of nitrogens with one attached hydrogen (secondary N) is 3. The Morgan fingerprint density at radius 3 is 2.21 bits per heavy atom. The smallest absolute Gasteiger partial charge is 0.322 e. The van der Waals surface area contributed by atoms with Crippen LogP contribution in [0, 0.1) is 13.8 Å². The molecule has 0 saturated carbocycles. The van der Waals surface area contributed by atoms with E-state index in [4.69, 9.17) is 0 Å². The first-order valence-electron chi connectivity index (χ1n) is 10.4. The zero-order valence-electron chi connectivity index (χ0n) is 18.3. The molecule has 8 nitrogen and oxygen atoms in total. The molecule has 0 radical (unpaired) electrons. The van der Waals surface area contributed by atoms with Crippen LogP contribution in [0.15, 0.2) is 71.6 Å². The molecule has 3 aromatic carbocycles. The Hall–Kier alpha value is -3.85. The first-order valence-corrected chi connectivity index (χ1v) is 11.9. The fourth-order valence-corrected chi connectivity index (χ4v) is 4.62. The minimum Gasteiger partial charge on any atom is -0.336 e. The van der Waals surface area contributed by atoms with E-state index >= 15 is 0 Å². The third-order valence-electron chi connectivity index (χ3n) is 5.33. The Balaban J connectivity index is 1.42. The second-order valence-electron chi connectivity index (χ2n) is 7.83. The summed E-state index contributed by atoms with van der Waals surface area (Å²) in [6, 6.07) is 18.0. The normalized spacial score (nSPS) is 13.5. The Morgan fingerprint density at radius 2 is 1.61 bits per heavy atom. The highest BCUT2D eigenvalue weighted by Crippen LogP contribution is 2.24. The van der Waals surface area contributed by atoms with Crippen LogP contribution in [0.2, 0.25) is 0 Å². The lowest BCUT2D eigenvalue weighted by Crippen LogP contribution is -2.28. The second kappa shape index (κ2) is 8.95. The van der Waals surface area contributed by atoms with Gasteiger partial charge in [-0.3, -0.25) is 14.4 Å². The molecule has 4 rings (SSSR count). The van der Waals surface area contributed by atoms with Crippen molar-refractivity contribution in [3.8, 4) is 0 Å². The maximum Gasteiger partial charge on any atom is 0.322 e. The van der Waals surface area contributed by atoms with Crippen LogP contribution in [0.1, 0.15) is 21.5 Å². The summed E-state index contributed by atoms with van der Waals surface area (Å²) in [6.45, 7) is 4.92. The molecule has 3 aromatic rings. The van der Waals surface area contributed by atoms with Crippen molar-refractivity contribution in [2.24, 2.45) is 0 Å². The van der Waals surface area contributed by atoms with E-state index < -0.39 is 10.0 Å². The van der Waals surface area contributed by atoms with Gasteiger partial charge in [0.25, 0.3) is 15.9 Å². The van der Waals surface area contributed by atoms with Gasteiger partial charge in [0, 0.05) is 35.7 Å². The van der Waals surface area contributed by atoms with E-state index in [1.165, 1.54) is 0 Å². The summed E-state index contributed by atoms with van der Waals surface area (Å²) in [5.41, 5.74) is 3.93. The van der Waals surface area contributed by atoms with Crippen LogP contribution in [0.25, 0.3) is 0 Å². The van der Waals surface area contributed by atoms with Crippen LogP contribution in [0.3, 0.4) is 0 Å². The summed E-state index contributed by atoms with van der Waals surface area (Å²) < 4.78 is 27.6. The minimum atomic E-state index is -3.70. The number of amides is 3. The first-order chi connectivity index (χ1) is 15.7. The van der Waals surface area contributed by atoms with Crippen molar-refractivity contribution in [1.29, 1.82) is 0 Å². The van der Waals surface area contributed by atoms with Gasteiger partial charge < -0.3 is 10.6 Å². The molecule has 1 fully saturated rings. The number of aryl methyl sites for hydroxylation is 2. The fraction of sp³-hybridized carbons (Fsp3) is 0.167. The summed E-state index contributed by atoms with van der Waals surface area (Å²) in [5.74, 6) is -0.302. The number of carbonyl (C=O) groups excluding carboxylic acids is 2. The van der Waals surface area contributed by atoms with Crippen molar-refractivity contribution < 1.29 is 18.0 Å². The fourth-order valence-electron chi connectivity index (χ4n) is 3.56. The number of urea groups is 1. The molecule has 0 bridgehead atoms. The molecule has 1 saturated heterocycles. The molecule has 3 amide bonds. The molecule has 0 aromatic heterocycles. The molecule has 3 N–H and O–H groups in total. The van der Waals surface area contributed by atoms with E-state index in [2.05, 4.69) is 15.4 Å². The van der Waals surface area contributed by atoms with Gasteiger partial charge in [0.05, 0.1) is 4.90 Å². The van der Waals surface area contributed by atoms with Crippen LogP contribution in [0.4, 0.5) is 21.9 Å². The predicted molar refractivity (Wildman–Crippen MR) is 128 cm³/mol. The average Bonchev–Trinajstić information content (AvgIpc) is 3.20. The summed E-state index contributed by atoms with van der Waals surface area (Å²) >= 11 is 0. The largest absolute Gasteiger partial charge is 0.336 e. The van der Waals surface area contributed by atoms with Crippen molar-refractivity contribution in [2.75, 3.05) is 28.0 Å². The van der Waals surface area contributed by atoms with E-state index in [1.54, 1.807) is 71.6 Å². The van der Waals surface area contributed by atoms with Crippen LogP contribution in [-0.4, -0.2) is 33.4 Å². The van der Waals surface area contributed by atoms with Crippen molar-refractivity contribution in [1.82, 2.24) is 5.32 Å². The molecule has 0 spiro atoms. The number of sulfonamides is 1. The van der Waals surface area contributed by atoms with Crippen molar-refractivity contribution >= 4 is 39.0 Å². The third kappa shape index (κ3) is 4.98. The highest BCUT2D eigenvalue weighted by atomic mass is 32.2. The lowest BCUT2D eigenvalue weighted by molar-refractivity contribution is 0.102. The van der Waals surface area contributed by atoms with Gasteiger partial charge in [-0.05, 0) is 74.0 Å². The Labute approximate surface area is 192 Å². The summed E-state index contributed by atoms with van der Waals surface area (Å²) in [5, 5.41) is 5.56. The van der Waals surface area contributed by atoms with Gasteiger partial charge in [0.15, 0.2) is 0 Å². The van der Waals surface area contributed by atoms with Crippen LogP contribution >= 0.6 is 0 Å². The van der Waals surface area contributed by atoms with Crippen molar-refractivity contribution in [2.45, 2.75) is 18.7 Å². The molecule has 170 valence electrons. The lowest BCUT2D eigenvalue weighted by Gasteiger charge is -2.17. The van der Waals surface area contributed by atoms with Crippen molar-refractivity contribution in [3.63, 3.8) is 0 Å². The highest BCUT2D eigenvalue weighted by Gasteiger charge is 2.23. The number of nitrogens with zero attached hydrogens (tertiary/aromatic N) is 1. The highest BCUT2D eigenvalue weighted by molar-refractivity contribution is 7.92. The van der Waals surface area contributed by atoms with E-state index in [0.717, 1.165) is 16.8 Å². The second-order valence-corrected chi connectivity index (χ2v) is 9.52. The average molecular weight is 465 g/mol. The first kappa shape index (κ1) is 22.3. The maximum absolute atomic E-state index is 12.7. The van der Waals surface area contributed by atoms with Crippen molar-refractivity contribution in [3.05, 3.63) is 83.4 Å². The zero-order chi connectivity index (χ0) is 23.6. The molecule has 33 heavy (non-hydrogen) atoms. The summed E-state index contributed by atoms with van der Waals surface area (Å²) in [4.78, 5) is 26.4. The zero-order valence-corrected chi connectivity index (χ0v) is 19.1. The van der Waals surface area contributed by atoms with Gasteiger partial charge in [-0.2, -0.15) is 0 Å². The molecule has 9 heteroatoms. The predicted octanol–water partition coefficient (Wildman–Crippen LogP) is 3.89. The maximum atomic E-state index is 12.7. The van der Waals surface area contributed by atoms with E-state index in [1.807, 2.05) is 13.8 Å². The molecule has 1 aliphatic rings. The molecule has 1 heterocycles. The topological polar surface area (TPSA) is 108 Å². The summed E-state index contributed by atoms with van der Waals surface area (Å²) in [6.07, 6.45) is 0. The van der Waals surface area contributed by atoms with Gasteiger partial charge in [-0.15, -0.1) is 0 Å². The SMILES string of the molecule is Cc1ccc(S(=O)(=O)Nc2ccc(NC(=O)c3ccc(N4CCNC4=O)c(C)c3)cc2)cc1. The van der Waals surface area contributed by atoms with Gasteiger partial charge in [0.1, 0.15) is 0 Å². The van der Waals surface area contributed by atoms with Gasteiger partial charge in [-0.1, -0.05) is 17.7 Å². The standard InChI is InChI=1S/C24H24N4O4S/c1-16-3-10-21(11-4-16)33(31,32)27-20-8-6-19(7-9-20)26-23(29)18-5-12-22(17(2)15-18)28-14-13-25-24(28)30/h3-12,15,27H,13-14H2,1-2H3,(H,25,30)(H,26,29). The van der Waals surface area contributed by atoms with E-state index in [-0.39, 0.29) is 16.8 Å². The molecule has 1 aliphatic heterocycles. The van der Waals surface area contributed by atoms with E-state index in [0.29, 0.717) is 30.0 Å². The van der Waals surface area contributed by atoms with Crippen LogP contribution < -0.4 is 20.3 Å². The third-order valence-corrected chi connectivity index (χ3v) is 6.73. The molecular formula is C24H24N4O4S. The molecular weight excluding hydrogens is 440 g/mol. The van der Waals surface area contributed by atoms with Crippen LogP contribution in [-0.2, 0) is 10.0 Å². The molecule has 0 atom stereocenters.